The fraction of sp³-hybridized carbons (Fsp3) is 0.667. The van der Waals surface area contributed by atoms with Crippen LogP contribution in [0.3, 0.4) is 0 Å². The molecule has 1 atom stereocenters. The van der Waals surface area contributed by atoms with Crippen LogP contribution in [0.5, 0.6) is 0 Å². The van der Waals surface area contributed by atoms with Gasteiger partial charge in [0.1, 0.15) is 0 Å². The van der Waals surface area contributed by atoms with Crippen molar-refractivity contribution in [3.8, 4) is 0 Å². The summed E-state index contributed by atoms with van der Waals surface area (Å²) in [6.45, 7) is 10.5. The molecule has 0 bridgehead atoms. The van der Waals surface area contributed by atoms with Crippen LogP contribution in [0.4, 0.5) is 5.69 Å². The molecule has 0 spiro atoms. The van der Waals surface area contributed by atoms with Crippen molar-refractivity contribution in [2.45, 2.75) is 44.9 Å². The fourth-order valence-corrected chi connectivity index (χ4v) is 3.80. The molecule has 2 nitrogen and oxygen atoms in total. The van der Waals surface area contributed by atoms with E-state index in [4.69, 9.17) is 0 Å². The summed E-state index contributed by atoms with van der Waals surface area (Å²) in [7, 11) is 2.26. The van der Waals surface area contributed by atoms with Gasteiger partial charge in [-0.25, -0.2) is 0 Å². The van der Waals surface area contributed by atoms with Gasteiger partial charge in [0.25, 0.3) is 0 Å². The Kier molecular flexibility index (Phi) is 3.53. The Labute approximate surface area is 123 Å². The Bertz CT molecular complexity index is 481. The highest BCUT2D eigenvalue weighted by atomic mass is 15.1. The van der Waals surface area contributed by atoms with Gasteiger partial charge < -0.3 is 10.2 Å². The molecule has 0 radical (unpaired) electrons. The first kappa shape index (κ1) is 13.9. The van der Waals surface area contributed by atoms with Crippen LogP contribution in [0, 0.1) is 5.92 Å². The van der Waals surface area contributed by atoms with Crippen molar-refractivity contribution in [1.29, 1.82) is 0 Å². The number of hydrogen-bond donors (Lipinski definition) is 1. The molecular formula is C18H28N2. The Balaban J connectivity index is 1.91. The van der Waals surface area contributed by atoms with Crippen LogP contribution in [-0.2, 0) is 5.41 Å². The van der Waals surface area contributed by atoms with Crippen LogP contribution in [0.2, 0.25) is 0 Å². The molecule has 20 heavy (non-hydrogen) atoms. The SMILES string of the molecule is CN1CC(C2CCNCC2)c2ccc(C(C)(C)C)cc21. The lowest BCUT2D eigenvalue weighted by Gasteiger charge is -2.28. The number of hydrogen-bond acceptors (Lipinski definition) is 2. The molecule has 1 N–H and O–H groups in total. The van der Waals surface area contributed by atoms with Gasteiger partial charge in [-0.1, -0.05) is 32.9 Å². The molecule has 0 aliphatic carbocycles. The molecule has 110 valence electrons. The maximum absolute atomic E-state index is 3.49. The van der Waals surface area contributed by atoms with E-state index in [9.17, 15) is 0 Å². The molecule has 2 heterocycles. The van der Waals surface area contributed by atoms with Gasteiger partial charge in [0.15, 0.2) is 0 Å². The molecule has 1 aromatic carbocycles. The Morgan fingerprint density at radius 2 is 1.85 bits per heavy atom. The van der Waals surface area contributed by atoms with Crippen molar-refractivity contribution in [3.05, 3.63) is 29.3 Å². The van der Waals surface area contributed by atoms with Gasteiger partial charge in [0, 0.05) is 25.2 Å². The zero-order valence-electron chi connectivity index (χ0n) is 13.4. The van der Waals surface area contributed by atoms with Gasteiger partial charge in [-0.2, -0.15) is 0 Å². The highest BCUT2D eigenvalue weighted by Crippen LogP contribution is 2.43. The van der Waals surface area contributed by atoms with E-state index in [1.807, 2.05) is 0 Å². The third kappa shape index (κ3) is 2.46. The van der Waals surface area contributed by atoms with Crippen molar-refractivity contribution < 1.29 is 0 Å². The first-order valence-corrected chi connectivity index (χ1v) is 8.03. The second kappa shape index (κ2) is 5.07. The van der Waals surface area contributed by atoms with Crippen LogP contribution in [0.25, 0.3) is 0 Å². The zero-order chi connectivity index (χ0) is 14.3. The molecule has 0 amide bonds. The molecule has 1 aromatic rings. The summed E-state index contributed by atoms with van der Waals surface area (Å²) in [5.41, 5.74) is 4.75. The van der Waals surface area contributed by atoms with Crippen molar-refractivity contribution in [3.63, 3.8) is 0 Å². The van der Waals surface area contributed by atoms with E-state index in [1.54, 1.807) is 5.56 Å². The number of piperidine rings is 1. The maximum atomic E-state index is 3.49. The van der Waals surface area contributed by atoms with Gasteiger partial charge in [0.05, 0.1) is 0 Å². The van der Waals surface area contributed by atoms with Gasteiger partial charge >= 0.3 is 0 Å². The molecular weight excluding hydrogens is 244 g/mol. The third-order valence-corrected chi connectivity index (χ3v) is 5.13. The number of rotatable bonds is 1. The fourth-order valence-electron chi connectivity index (χ4n) is 3.80. The maximum Gasteiger partial charge on any atom is 0.0402 e. The minimum Gasteiger partial charge on any atom is -0.374 e. The van der Waals surface area contributed by atoms with Crippen LogP contribution < -0.4 is 10.2 Å². The molecule has 1 fully saturated rings. The number of likely N-dealkylation sites (N-methyl/N-ethyl adjacent to an activating group) is 1. The Hall–Kier alpha value is -1.02. The van der Waals surface area contributed by atoms with Crippen molar-refractivity contribution in [2.75, 3.05) is 31.6 Å². The average Bonchev–Trinajstić information content (AvgIpc) is 2.76. The minimum absolute atomic E-state index is 0.239. The Morgan fingerprint density at radius 1 is 1.15 bits per heavy atom. The summed E-state index contributed by atoms with van der Waals surface area (Å²) < 4.78 is 0. The first-order valence-electron chi connectivity index (χ1n) is 8.03. The van der Waals surface area contributed by atoms with Crippen LogP contribution in [0.1, 0.15) is 50.7 Å². The normalized spacial score (nSPS) is 24.0. The quantitative estimate of drug-likeness (QED) is 0.841. The van der Waals surface area contributed by atoms with Gasteiger partial charge in [-0.3, -0.25) is 0 Å². The van der Waals surface area contributed by atoms with Gasteiger partial charge in [0.2, 0.25) is 0 Å². The summed E-state index contributed by atoms with van der Waals surface area (Å²) in [5, 5.41) is 3.49. The van der Waals surface area contributed by atoms with Crippen LogP contribution in [-0.4, -0.2) is 26.7 Å². The largest absolute Gasteiger partial charge is 0.374 e. The number of nitrogens with one attached hydrogen (secondary N) is 1. The van der Waals surface area contributed by atoms with E-state index >= 15 is 0 Å². The molecule has 1 saturated heterocycles. The molecule has 0 saturated carbocycles. The van der Waals surface area contributed by atoms with E-state index in [0.29, 0.717) is 0 Å². The predicted octanol–water partition coefficient (Wildman–Crippen LogP) is 3.52. The monoisotopic (exact) mass is 272 g/mol. The average molecular weight is 272 g/mol. The van der Waals surface area contributed by atoms with Crippen LogP contribution >= 0.6 is 0 Å². The lowest BCUT2D eigenvalue weighted by atomic mass is 9.80. The van der Waals surface area contributed by atoms with Crippen LogP contribution in [0.15, 0.2) is 18.2 Å². The highest BCUT2D eigenvalue weighted by Gasteiger charge is 2.33. The Morgan fingerprint density at radius 3 is 2.50 bits per heavy atom. The van der Waals surface area contributed by atoms with E-state index < -0.39 is 0 Å². The summed E-state index contributed by atoms with van der Waals surface area (Å²) in [6, 6.07) is 7.19. The van der Waals surface area contributed by atoms with E-state index in [2.05, 4.69) is 56.2 Å². The molecule has 2 aliphatic heterocycles. The second-order valence-corrected chi connectivity index (χ2v) is 7.60. The first-order chi connectivity index (χ1) is 9.47. The van der Waals surface area contributed by atoms with Crippen molar-refractivity contribution in [1.82, 2.24) is 5.32 Å². The second-order valence-electron chi connectivity index (χ2n) is 7.60. The standard InChI is InChI=1S/C18H28N2/c1-18(2,3)14-5-6-15-16(12-20(4)17(15)11-14)13-7-9-19-10-8-13/h5-6,11,13,16,19H,7-10,12H2,1-4H3. The number of nitrogens with zero attached hydrogens (tertiary/aromatic N) is 1. The van der Waals surface area contributed by atoms with Crippen molar-refractivity contribution >= 4 is 5.69 Å². The zero-order valence-corrected chi connectivity index (χ0v) is 13.4. The van der Waals surface area contributed by atoms with Crippen molar-refractivity contribution in [2.24, 2.45) is 5.92 Å². The number of anilines is 1. The summed E-state index contributed by atoms with van der Waals surface area (Å²) in [4.78, 5) is 2.47. The van der Waals surface area contributed by atoms with Gasteiger partial charge in [-0.05, 0) is 54.5 Å². The third-order valence-electron chi connectivity index (χ3n) is 5.13. The molecule has 3 rings (SSSR count). The molecule has 2 heteroatoms. The van der Waals surface area contributed by atoms with E-state index in [1.165, 1.54) is 43.7 Å². The lowest BCUT2D eigenvalue weighted by molar-refractivity contribution is 0.327. The molecule has 0 aromatic heterocycles. The predicted molar refractivity (Wildman–Crippen MR) is 86.7 cm³/mol. The summed E-state index contributed by atoms with van der Waals surface area (Å²) >= 11 is 0. The topological polar surface area (TPSA) is 15.3 Å². The molecule has 1 unspecified atom stereocenters. The number of fused-ring (bicyclic) bond motifs is 1. The number of benzene rings is 1. The van der Waals surface area contributed by atoms with Gasteiger partial charge in [-0.15, -0.1) is 0 Å². The molecule has 2 aliphatic rings. The minimum atomic E-state index is 0.239. The smallest absolute Gasteiger partial charge is 0.0402 e. The summed E-state index contributed by atoms with van der Waals surface area (Å²) in [5.74, 6) is 1.60. The van der Waals surface area contributed by atoms with E-state index in [0.717, 1.165) is 11.8 Å². The van der Waals surface area contributed by atoms with E-state index in [-0.39, 0.29) is 5.41 Å². The lowest BCUT2D eigenvalue weighted by Crippen LogP contribution is -2.32. The summed E-state index contributed by atoms with van der Waals surface area (Å²) in [6.07, 6.45) is 2.66. The highest BCUT2D eigenvalue weighted by molar-refractivity contribution is 5.62.